The molecule has 2 nitrogen and oxygen atoms in total. The molecule has 4 aliphatic rings. The molecular weight excluding hydrogens is 284 g/mol. The normalized spacial score (nSPS) is 52.8. The topological polar surface area (TPSA) is 40.5 Å². The van der Waals surface area contributed by atoms with Crippen LogP contribution in [0.1, 0.15) is 78.6 Å². The van der Waals surface area contributed by atoms with E-state index in [4.69, 9.17) is 0 Å². The highest BCUT2D eigenvalue weighted by atomic mass is 16.3. The molecule has 0 aromatic rings. The Kier molecular flexibility index (Phi) is 3.74. The lowest BCUT2D eigenvalue weighted by molar-refractivity contribution is -0.116. The molecule has 0 saturated heterocycles. The minimum atomic E-state index is -0.431. The molecule has 2 saturated carbocycles. The second-order valence-corrected chi connectivity index (χ2v) is 9.38. The molecule has 4 rings (SSSR count). The molecule has 0 aromatic carbocycles. The first-order chi connectivity index (χ1) is 10.9. The summed E-state index contributed by atoms with van der Waals surface area (Å²) < 4.78 is 0. The zero-order valence-corrected chi connectivity index (χ0v) is 15.1. The summed E-state index contributed by atoms with van der Waals surface area (Å²) in [7, 11) is 0. The average Bonchev–Trinajstić information content (AvgIpc) is 2.79. The molecule has 0 radical (unpaired) electrons. The summed E-state index contributed by atoms with van der Waals surface area (Å²) >= 11 is 0. The van der Waals surface area contributed by atoms with E-state index in [1.54, 1.807) is 11.1 Å². The predicted octanol–water partition coefficient (Wildman–Crippen LogP) is 4.45. The highest BCUT2D eigenvalue weighted by Crippen LogP contribution is 2.66. The van der Waals surface area contributed by atoms with Gasteiger partial charge in [0.15, 0.2) is 0 Å². The SMILES string of the molecule is CC[C@]1(O)CCC2C3C(CCC21C)C1=C(CC(O)CC1)C[C@H]3C. The molecule has 0 aromatic heterocycles. The van der Waals surface area contributed by atoms with Gasteiger partial charge in [0.05, 0.1) is 11.7 Å². The van der Waals surface area contributed by atoms with Crippen LogP contribution in [0, 0.1) is 29.1 Å². The molecule has 0 amide bonds. The fourth-order valence-electron chi connectivity index (χ4n) is 7.29. The first-order valence-electron chi connectivity index (χ1n) is 10.0. The van der Waals surface area contributed by atoms with Crippen LogP contribution in [0.25, 0.3) is 0 Å². The molecule has 4 aliphatic carbocycles. The molecule has 0 aliphatic heterocycles. The van der Waals surface area contributed by atoms with E-state index >= 15 is 0 Å². The Labute approximate surface area is 141 Å². The minimum absolute atomic E-state index is 0.0944. The van der Waals surface area contributed by atoms with Gasteiger partial charge in [-0.2, -0.15) is 0 Å². The second kappa shape index (κ2) is 5.33. The summed E-state index contributed by atoms with van der Waals surface area (Å²) in [6.07, 6.45) is 9.73. The van der Waals surface area contributed by atoms with Crippen LogP contribution in [0.4, 0.5) is 0 Å². The number of fused-ring (bicyclic) bond motifs is 4. The van der Waals surface area contributed by atoms with Crippen molar-refractivity contribution in [1.29, 1.82) is 0 Å². The monoisotopic (exact) mass is 318 g/mol. The van der Waals surface area contributed by atoms with Crippen molar-refractivity contribution < 1.29 is 10.2 Å². The molecule has 130 valence electrons. The van der Waals surface area contributed by atoms with E-state index in [9.17, 15) is 10.2 Å². The van der Waals surface area contributed by atoms with Gasteiger partial charge in [-0.1, -0.05) is 31.9 Å². The summed E-state index contributed by atoms with van der Waals surface area (Å²) in [6.45, 7) is 7.01. The Balaban J connectivity index is 1.69. The van der Waals surface area contributed by atoms with Crippen molar-refractivity contribution in [3.05, 3.63) is 11.1 Å². The second-order valence-electron chi connectivity index (χ2n) is 9.38. The summed E-state index contributed by atoms with van der Waals surface area (Å²) in [6, 6.07) is 0. The Morgan fingerprint density at radius 2 is 1.91 bits per heavy atom. The van der Waals surface area contributed by atoms with Crippen LogP contribution in [0.3, 0.4) is 0 Å². The quantitative estimate of drug-likeness (QED) is 0.701. The third kappa shape index (κ3) is 2.13. The third-order valence-electron chi connectivity index (χ3n) is 8.60. The van der Waals surface area contributed by atoms with Gasteiger partial charge in [0.2, 0.25) is 0 Å². The molecule has 2 N–H and O–H groups in total. The smallest absolute Gasteiger partial charge is 0.0701 e. The fourth-order valence-corrected chi connectivity index (χ4v) is 7.29. The zero-order chi connectivity index (χ0) is 16.4. The molecule has 23 heavy (non-hydrogen) atoms. The summed E-state index contributed by atoms with van der Waals surface area (Å²) in [4.78, 5) is 0. The number of hydrogen-bond donors (Lipinski definition) is 2. The van der Waals surface area contributed by atoms with Gasteiger partial charge in [0.1, 0.15) is 0 Å². The van der Waals surface area contributed by atoms with Gasteiger partial charge in [0, 0.05) is 0 Å². The van der Waals surface area contributed by atoms with Crippen molar-refractivity contribution in [2.75, 3.05) is 0 Å². The summed E-state index contributed by atoms with van der Waals surface area (Å²) in [5.74, 6) is 2.93. The largest absolute Gasteiger partial charge is 0.393 e. The Morgan fingerprint density at radius 1 is 1.13 bits per heavy atom. The molecule has 0 spiro atoms. The molecular formula is C21H34O2. The van der Waals surface area contributed by atoms with Crippen LogP contribution in [0.2, 0.25) is 0 Å². The molecule has 2 heteroatoms. The first kappa shape index (κ1) is 16.1. The average molecular weight is 319 g/mol. The molecule has 5 unspecified atom stereocenters. The highest BCUT2D eigenvalue weighted by Gasteiger charge is 2.61. The van der Waals surface area contributed by atoms with Gasteiger partial charge in [-0.3, -0.25) is 0 Å². The van der Waals surface area contributed by atoms with Gasteiger partial charge in [-0.15, -0.1) is 0 Å². The van der Waals surface area contributed by atoms with E-state index in [1.807, 2.05) is 0 Å². The number of rotatable bonds is 1. The Bertz CT molecular complexity index is 524. The maximum Gasteiger partial charge on any atom is 0.0701 e. The molecule has 7 atom stereocenters. The minimum Gasteiger partial charge on any atom is -0.393 e. The number of aliphatic hydroxyl groups is 2. The number of allylic oxidation sites excluding steroid dienone is 1. The van der Waals surface area contributed by atoms with Crippen LogP contribution < -0.4 is 0 Å². The highest BCUT2D eigenvalue weighted by molar-refractivity contribution is 5.28. The lowest BCUT2D eigenvalue weighted by atomic mass is 9.50. The zero-order valence-electron chi connectivity index (χ0n) is 15.1. The Morgan fingerprint density at radius 3 is 2.65 bits per heavy atom. The molecule has 0 heterocycles. The lowest BCUT2D eigenvalue weighted by Gasteiger charge is -2.56. The van der Waals surface area contributed by atoms with Crippen LogP contribution in [-0.2, 0) is 0 Å². The Hall–Kier alpha value is -0.340. The van der Waals surface area contributed by atoms with Crippen molar-refractivity contribution in [3.8, 4) is 0 Å². The van der Waals surface area contributed by atoms with E-state index < -0.39 is 5.60 Å². The van der Waals surface area contributed by atoms with Gasteiger partial charge < -0.3 is 10.2 Å². The standard InChI is InChI=1S/C21H34O2/c1-4-21(23)10-8-18-19-13(2)11-14-12-15(22)5-6-16(14)17(19)7-9-20(18,21)3/h13,15,17-19,22-23H,4-12H2,1-3H3/t13-,15?,17?,18?,19?,20?,21+/m1/s1. The van der Waals surface area contributed by atoms with E-state index in [1.165, 1.54) is 25.7 Å². The maximum absolute atomic E-state index is 11.3. The lowest BCUT2D eigenvalue weighted by Crippen LogP contribution is -2.52. The van der Waals surface area contributed by atoms with Gasteiger partial charge in [-0.05, 0) is 86.9 Å². The summed E-state index contributed by atoms with van der Waals surface area (Å²) in [5, 5.41) is 21.3. The van der Waals surface area contributed by atoms with Crippen molar-refractivity contribution in [2.24, 2.45) is 29.1 Å². The number of aliphatic hydroxyl groups excluding tert-OH is 1. The van der Waals surface area contributed by atoms with Gasteiger partial charge in [-0.25, -0.2) is 0 Å². The third-order valence-corrected chi connectivity index (χ3v) is 8.60. The van der Waals surface area contributed by atoms with Gasteiger partial charge >= 0.3 is 0 Å². The van der Waals surface area contributed by atoms with Crippen molar-refractivity contribution >= 4 is 0 Å². The fraction of sp³-hybridized carbons (Fsp3) is 0.905. The summed E-state index contributed by atoms with van der Waals surface area (Å²) in [5.41, 5.74) is 3.03. The van der Waals surface area contributed by atoms with E-state index in [2.05, 4.69) is 20.8 Å². The van der Waals surface area contributed by atoms with Crippen LogP contribution in [0.15, 0.2) is 11.1 Å². The van der Waals surface area contributed by atoms with Gasteiger partial charge in [0.25, 0.3) is 0 Å². The van der Waals surface area contributed by atoms with Crippen molar-refractivity contribution in [1.82, 2.24) is 0 Å². The maximum atomic E-state index is 11.3. The van der Waals surface area contributed by atoms with E-state index in [-0.39, 0.29) is 11.5 Å². The van der Waals surface area contributed by atoms with Crippen molar-refractivity contribution in [3.63, 3.8) is 0 Å². The van der Waals surface area contributed by atoms with Crippen LogP contribution in [0.5, 0.6) is 0 Å². The number of hydrogen-bond acceptors (Lipinski definition) is 2. The van der Waals surface area contributed by atoms with E-state index in [0.717, 1.165) is 43.9 Å². The van der Waals surface area contributed by atoms with Crippen molar-refractivity contribution in [2.45, 2.75) is 90.3 Å². The van der Waals surface area contributed by atoms with Crippen LogP contribution in [-0.4, -0.2) is 21.9 Å². The predicted molar refractivity (Wildman–Crippen MR) is 93.0 cm³/mol. The van der Waals surface area contributed by atoms with E-state index in [0.29, 0.717) is 11.8 Å². The van der Waals surface area contributed by atoms with Crippen LogP contribution >= 0.6 is 0 Å². The first-order valence-corrected chi connectivity index (χ1v) is 10.0. The molecule has 2 fully saturated rings. The molecule has 0 bridgehead atoms.